The number of anilines is 1. The Labute approximate surface area is 198 Å². The molecule has 0 radical (unpaired) electrons. The standard InChI is InChI=1S/C23H27N3O5S2/c1-30-18-7-8-20(31-2)16(12-18)9-10-24-22(27)11-15-3-5-17(6-4-15)25-23-26-19-13-33(28,29)14-21(19)32-23/h3-8,12,19,21H,9-11,13-14H2,1-2H3,(H,24,27)(H,25,26)/t19-,21+/m0/s1. The minimum atomic E-state index is -2.95. The van der Waals surface area contributed by atoms with Crippen molar-refractivity contribution in [3.8, 4) is 11.5 Å². The summed E-state index contributed by atoms with van der Waals surface area (Å²) in [5, 5.41) is 6.95. The quantitative estimate of drug-likeness (QED) is 0.586. The number of carbonyl (C=O) groups is 1. The molecule has 0 spiro atoms. The smallest absolute Gasteiger partial charge is 0.224 e. The highest BCUT2D eigenvalue weighted by molar-refractivity contribution is 8.15. The van der Waals surface area contributed by atoms with E-state index in [9.17, 15) is 13.2 Å². The van der Waals surface area contributed by atoms with Crippen LogP contribution in [0.15, 0.2) is 47.5 Å². The number of nitrogens with one attached hydrogen (secondary N) is 2. The minimum absolute atomic E-state index is 0.0115. The van der Waals surface area contributed by atoms with Gasteiger partial charge in [-0.3, -0.25) is 9.79 Å². The van der Waals surface area contributed by atoms with E-state index in [4.69, 9.17) is 9.47 Å². The highest BCUT2D eigenvalue weighted by Gasteiger charge is 2.42. The molecule has 2 aliphatic rings. The first kappa shape index (κ1) is 23.4. The Bertz CT molecular complexity index is 1150. The first-order valence-corrected chi connectivity index (χ1v) is 13.3. The average Bonchev–Trinajstić information content (AvgIpc) is 3.27. The van der Waals surface area contributed by atoms with Crippen molar-refractivity contribution in [2.75, 3.05) is 37.6 Å². The van der Waals surface area contributed by atoms with Crippen molar-refractivity contribution in [2.24, 2.45) is 4.99 Å². The summed E-state index contributed by atoms with van der Waals surface area (Å²) in [6.07, 6.45) is 0.922. The van der Waals surface area contributed by atoms with E-state index in [1.54, 1.807) is 14.2 Å². The third-order valence-corrected chi connectivity index (χ3v) is 8.73. The van der Waals surface area contributed by atoms with Crippen LogP contribution in [0.3, 0.4) is 0 Å². The van der Waals surface area contributed by atoms with Crippen molar-refractivity contribution in [3.05, 3.63) is 53.6 Å². The first-order chi connectivity index (χ1) is 15.8. The van der Waals surface area contributed by atoms with Crippen LogP contribution in [0.4, 0.5) is 5.69 Å². The number of methoxy groups -OCH3 is 2. The van der Waals surface area contributed by atoms with Crippen molar-refractivity contribution in [3.63, 3.8) is 0 Å². The fraction of sp³-hybridized carbons (Fsp3) is 0.391. The molecule has 8 nitrogen and oxygen atoms in total. The van der Waals surface area contributed by atoms with Crippen molar-refractivity contribution >= 4 is 38.4 Å². The summed E-state index contributed by atoms with van der Waals surface area (Å²) in [6.45, 7) is 0.497. The Kier molecular flexibility index (Phi) is 7.14. The molecule has 2 atom stereocenters. The lowest BCUT2D eigenvalue weighted by Crippen LogP contribution is -2.27. The maximum atomic E-state index is 12.4. The molecule has 0 aliphatic carbocycles. The van der Waals surface area contributed by atoms with Gasteiger partial charge in [0.25, 0.3) is 0 Å². The summed E-state index contributed by atoms with van der Waals surface area (Å²) in [5.74, 6) is 1.79. The summed E-state index contributed by atoms with van der Waals surface area (Å²) in [4.78, 5) is 16.9. The van der Waals surface area contributed by atoms with Gasteiger partial charge >= 0.3 is 0 Å². The minimum Gasteiger partial charge on any atom is -0.497 e. The molecule has 0 saturated carbocycles. The number of rotatable bonds is 8. The predicted molar refractivity (Wildman–Crippen MR) is 131 cm³/mol. The maximum absolute atomic E-state index is 12.4. The highest BCUT2D eigenvalue weighted by Crippen LogP contribution is 2.34. The predicted octanol–water partition coefficient (Wildman–Crippen LogP) is 2.29. The Balaban J connectivity index is 1.24. The molecule has 2 N–H and O–H groups in total. The van der Waals surface area contributed by atoms with E-state index in [-0.39, 0.29) is 35.1 Å². The Morgan fingerprint density at radius 1 is 1.12 bits per heavy atom. The zero-order valence-corrected chi connectivity index (χ0v) is 20.2. The van der Waals surface area contributed by atoms with Crippen molar-refractivity contribution < 1.29 is 22.7 Å². The fourth-order valence-corrected chi connectivity index (χ4v) is 7.58. The maximum Gasteiger partial charge on any atom is 0.224 e. The number of hydrogen-bond donors (Lipinski definition) is 2. The lowest BCUT2D eigenvalue weighted by molar-refractivity contribution is -0.120. The summed E-state index contributed by atoms with van der Waals surface area (Å²) < 4.78 is 34.0. The largest absolute Gasteiger partial charge is 0.497 e. The zero-order chi connectivity index (χ0) is 23.4. The third-order valence-electron chi connectivity index (χ3n) is 5.59. The average molecular weight is 490 g/mol. The number of amides is 1. The molecule has 1 fully saturated rings. The van der Waals surface area contributed by atoms with Crippen LogP contribution in [-0.4, -0.2) is 63.1 Å². The van der Waals surface area contributed by atoms with E-state index in [0.29, 0.717) is 13.0 Å². The van der Waals surface area contributed by atoms with Gasteiger partial charge in [-0.15, -0.1) is 0 Å². The number of aliphatic imine (C=N–C) groups is 1. The normalized spacial score (nSPS) is 20.6. The van der Waals surface area contributed by atoms with Gasteiger partial charge in [0.1, 0.15) is 11.5 Å². The molecule has 176 valence electrons. The molecule has 1 amide bonds. The number of ether oxygens (including phenoxy) is 2. The Hall–Kier alpha value is -2.72. The van der Waals surface area contributed by atoms with E-state index >= 15 is 0 Å². The van der Waals surface area contributed by atoms with E-state index in [2.05, 4.69) is 15.6 Å². The van der Waals surface area contributed by atoms with Crippen LogP contribution in [0.2, 0.25) is 0 Å². The first-order valence-electron chi connectivity index (χ1n) is 10.6. The van der Waals surface area contributed by atoms with E-state index in [0.717, 1.165) is 33.5 Å². The van der Waals surface area contributed by atoms with Gasteiger partial charge in [-0.05, 0) is 47.9 Å². The second kappa shape index (κ2) is 10.0. The van der Waals surface area contributed by atoms with Gasteiger partial charge in [-0.1, -0.05) is 23.9 Å². The molecule has 0 aromatic heterocycles. The molecule has 4 rings (SSSR count). The molecular formula is C23H27N3O5S2. The van der Waals surface area contributed by atoms with Crippen LogP contribution in [0.5, 0.6) is 11.5 Å². The second-order valence-corrected chi connectivity index (χ2v) is 11.4. The third kappa shape index (κ3) is 6.00. The topological polar surface area (TPSA) is 106 Å². The van der Waals surface area contributed by atoms with Gasteiger partial charge in [0.2, 0.25) is 5.91 Å². The molecular weight excluding hydrogens is 462 g/mol. The number of thioether (sulfide) groups is 1. The second-order valence-electron chi connectivity index (χ2n) is 8.01. The number of benzene rings is 2. The van der Waals surface area contributed by atoms with Crippen molar-refractivity contribution in [2.45, 2.75) is 24.1 Å². The van der Waals surface area contributed by atoms with Gasteiger partial charge < -0.3 is 20.1 Å². The summed E-state index contributed by atoms with van der Waals surface area (Å²) in [5.41, 5.74) is 2.74. The summed E-state index contributed by atoms with van der Waals surface area (Å²) >= 11 is 1.48. The van der Waals surface area contributed by atoms with E-state index in [1.165, 1.54) is 11.8 Å². The Morgan fingerprint density at radius 2 is 1.91 bits per heavy atom. The number of hydrogen-bond acceptors (Lipinski definition) is 8. The van der Waals surface area contributed by atoms with Crippen LogP contribution in [0.1, 0.15) is 11.1 Å². The van der Waals surface area contributed by atoms with Crippen LogP contribution in [0, 0.1) is 0 Å². The van der Waals surface area contributed by atoms with Gasteiger partial charge in [-0.2, -0.15) is 0 Å². The number of amidine groups is 1. The lowest BCUT2D eigenvalue weighted by Gasteiger charge is -2.11. The molecule has 0 unspecified atom stereocenters. The molecule has 2 aliphatic heterocycles. The lowest BCUT2D eigenvalue weighted by atomic mass is 10.1. The molecule has 1 saturated heterocycles. The van der Waals surface area contributed by atoms with Crippen LogP contribution in [0.25, 0.3) is 0 Å². The molecule has 0 bridgehead atoms. The van der Waals surface area contributed by atoms with Gasteiger partial charge in [-0.25, -0.2) is 8.42 Å². The van der Waals surface area contributed by atoms with Crippen LogP contribution >= 0.6 is 11.8 Å². The molecule has 2 aromatic rings. The molecule has 33 heavy (non-hydrogen) atoms. The molecule has 2 aromatic carbocycles. The summed E-state index contributed by atoms with van der Waals surface area (Å²) in [7, 11) is 0.285. The summed E-state index contributed by atoms with van der Waals surface area (Å²) in [6, 6.07) is 13.1. The SMILES string of the molecule is COc1ccc(OC)c(CCNC(=O)Cc2ccc(NC3=N[C@H]4CS(=O)(=O)C[C@H]4S3)cc2)c1. The van der Waals surface area contributed by atoms with E-state index < -0.39 is 9.84 Å². The number of fused-ring (bicyclic) bond motifs is 1. The fourth-order valence-electron chi connectivity index (χ4n) is 3.91. The Morgan fingerprint density at radius 3 is 2.61 bits per heavy atom. The molecule has 10 heteroatoms. The van der Waals surface area contributed by atoms with Crippen molar-refractivity contribution in [1.82, 2.24) is 5.32 Å². The zero-order valence-electron chi connectivity index (χ0n) is 18.5. The highest BCUT2D eigenvalue weighted by atomic mass is 32.2. The van der Waals surface area contributed by atoms with Gasteiger partial charge in [0.15, 0.2) is 15.0 Å². The van der Waals surface area contributed by atoms with Crippen LogP contribution in [-0.2, 0) is 27.5 Å². The van der Waals surface area contributed by atoms with Gasteiger partial charge in [0, 0.05) is 17.5 Å². The van der Waals surface area contributed by atoms with E-state index in [1.807, 2.05) is 42.5 Å². The number of sulfone groups is 1. The van der Waals surface area contributed by atoms with Crippen LogP contribution < -0.4 is 20.1 Å². The number of nitrogens with zero attached hydrogens (tertiary/aromatic N) is 1. The number of carbonyl (C=O) groups excluding carboxylic acids is 1. The van der Waals surface area contributed by atoms with Gasteiger partial charge in [0.05, 0.1) is 38.2 Å². The van der Waals surface area contributed by atoms with Crippen molar-refractivity contribution in [1.29, 1.82) is 0 Å². The monoisotopic (exact) mass is 489 g/mol. The molecule has 2 heterocycles.